The lowest BCUT2D eigenvalue weighted by molar-refractivity contribution is -0.484. The number of fused-ring (bicyclic) bond motifs is 3. The van der Waals surface area contributed by atoms with Crippen molar-refractivity contribution in [3.8, 4) is 17.2 Å². The SMILES string of the molecule is C1=[N+](c2ccccn2)COc2ccccc21.Cc1cccc2c1OC[N+](c1ncccn1)=C2.Cc1nc(C)nc([N+]2=Cc3cccc(C)c3OC2)n1. The first-order valence-corrected chi connectivity index (χ1v) is 16.8. The quantitative estimate of drug-likeness (QED) is 0.206. The molecule has 3 aromatic heterocycles. The predicted octanol–water partition coefficient (Wildman–Crippen LogP) is 6.00. The first-order chi connectivity index (χ1) is 25.4. The Morgan fingerprint density at radius 1 is 0.462 bits per heavy atom. The second kappa shape index (κ2) is 15.5. The molecule has 0 saturated carbocycles. The van der Waals surface area contributed by atoms with E-state index in [1.165, 1.54) is 0 Å². The molecular formula is C40H38N9O3+3. The smallest absolute Gasteiger partial charge is 0.439 e. The first kappa shape index (κ1) is 33.8. The minimum absolute atomic E-state index is 0.417. The van der Waals surface area contributed by atoms with Gasteiger partial charge in [-0.1, -0.05) is 62.4 Å². The van der Waals surface area contributed by atoms with Crippen molar-refractivity contribution in [2.45, 2.75) is 27.7 Å². The van der Waals surface area contributed by atoms with E-state index < -0.39 is 0 Å². The lowest BCUT2D eigenvalue weighted by atomic mass is 10.1. The van der Waals surface area contributed by atoms with Crippen LogP contribution in [-0.4, -0.2) is 82.5 Å². The Balaban J connectivity index is 0.000000122. The summed E-state index contributed by atoms with van der Waals surface area (Å²) in [5.41, 5.74) is 5.47. The van der Waals surface area contributed by atoms with Crippen molar-refractivity contribution in [3.63, 3.8) is 0 Å². The monoisotopic (exact) mass is 692 g/mol. The van der Waals surface area contributed by atoms with E-state index in [-0.39, 0.29) is 0 Å². The zero-order valence-electron chi connectivity index (χ0n) is 29.4. The maximum atomic E-state index is 5.80. The fraction of sp³-hybridized carbons (Fsp3) is 0.175. The summed E-state index contributed by atoms with van der Waals surface area (Å²) in [5.74, 6) is 6.40. The Morgan fingerprint density at radius 3 is 1.63 bits per heavy atom. The van der Waals surface area contributed by atoms with Crippen LogP contribution >= 0.6 is 0 Å². The van der Waals surface area contributed by atoms with Crippen LogP contribution in [0.3, 0.4) is 0 Å². The average molecular weight is 693 g/mol. The molecule has 9 rings (SSSR count). The summed E-state index contributed by atoms with van der Waals surface area (Å²) >= 11 is 0. The van der Waals surface area contributed by atoms with E-state index in [0.29, 0.717) is 43.7 Å². The number of hydrogen-bond donors (Lipinski definition) is 0. The van der Waals surface area contributed by atoms with Gasteiger partial charge in [-0.15, -0.1) is 0 Å². The van der Waals surface area contributed by atoms with Gasteiger partial charge < -0.3 is 14.2 Å². The molecule has 3 aliphatic rings. The lowest BCUT2D eigenvalue weighted by Crippen LogP contribution is -2.23. The van der Waals surface area contributed by atoms with E-state index in [0.717, 1.165) is 50.9 Å². The molecule has 3 aliphatic heterocycles. The number of aryl methyl sites for hydroxylation is 4. The molecular weight excluding hydrogens is 654 g/mol. The van der Waals surface area contributed by atoms with Crippen molar-refractivity contribution < 1.29 is 27.9 Å². The number of ether oxygens (including phenoxy) is 3. The molecule has 0 fully saturated rings. The zero-order chi connectivity index (χ0) is 35.9. The van der Waals surface area contributed by atoms with E-state index in [1.54, 1.807) is 24.7 Å². The summed E-state index contributed by atoms with van der Waals surface area (Å²) in [7, 11) is 0. The third-order valence-corrected chi connectivity index (χ3v) is 8.20. The minimum Gasteiger partial charge on any atom is -0.459 e. The third-order valence-electron chi connectivity index (χ3n) is 8.20. The highest BCUT2D eigenvalue weighted by Crippen LogP contribution is 2.26. The van der Waals surface area contributed by atoms with Crippen LogP contribution in [-0.2, 0) is 0 Å². The Labute approximate surface area is 301 Å². The topological polar surface area (TPSA) is 114 Å². The summed E-state index contributed by atoms with van der Waals surface area (Å²) in [6.45, 7) is 9.18. The summed E-state index contributed by atoms with van der Waals surface area (Å²) in [5, 5.41) is 0. The van der Waals surface area contributed by atoms with Gasteiger partial charge in [-0.3, -0.25) is 0 Å². The van der Waals surface area contributed by atoms with Crippen LogP contribution in [0.5, 0.6) is 17.2 Å². The molecule has 0 N–H and O–H groups in total. The Kier molecular flexibility index (Phi) is 10.0. The predicted molar refractivity (Wildman–Crippen MR) is 196 cm³/mol. The molecule has 6 aromatic rings. The van der Waals surface area contributed by atoms with Gasteiger partial charge in [0.1, 0.15) is 42.1 Å². The summed E-state index contributed by atoms with van der Waals surface area (Å²) < 4.78 is 22.9. The highest BCUT2D eigenvalue weighted by atomic mass is 16.5. The Bertz CT molecular complexity index is 2290. The molecule has 258 valence electrons. The molecule has 0 amide bonds. The van der Waals surface area contributed by atoms with E-state index in [1.807, 2.05) is 133 Å². The number of rotatable bonds is 3. The maximum absolute atomic E-state index is 5.80. The summed E-state index contributed by atoms with van der Waals surface area (Å²) in [4.78, 5) is 25.6. The summed E-state index contributed by atoms with van der Waals surface area (Å²) in [6.07, 6.45) is 11.3. The molecule has 0 aliphatic carbocycles. The Morgan fingerprint density at radius 2 is 1.00 bits per heavy atom. The van der Waals surface area contributed by atoms with Crippen LogP contribution < -0.4 is 14.2 Å². The molecule has 3 aromatic carbocycles. The number of nitrogens with zero attached hydrogens (tertiary/aromatic N) is 9. The second-order valence-corrected chi connectivity index (χ2v) is 12.1. The number of aromatic nitrogens is 6. The molecule has 6 heterocycles. The van der Waals surface area contributed by atoms with Crippen molar-refractivity contribution in [3.05, 3.63) is 143 Å². The largest absolute Gasteiger partial charge is 0.459 e. The van der Waals surface area contributed by atoms with Crippen molar-refractivity contribution in [1.29, 1.82) is 0 Å². The average Bonchev–Trinajstić information content (AvgIpc) is 3.18. The van der Waals surface area contributed by atoms with Crippen molar-refractivity contribution in [1.82, 2.24) is 29.9 Å². The first-order valence-electron chi connectivity index (χ1n) is 16.8. The lowest BCUT2D eigenvalue weighted by Gasteiger charge is -2.17. The van der Waals surface area contributed by atoms with Gasteiger partial charge in [0.2, 0.25) is 31.8 Å². The van der Waals surface area contributed by atoms with Crippen LogP contribution in [0.4, 0.5) is 17.7 Å². The molecule has 0 radical (unpaired) electrons. The molecule has 12 heteroatoms. The highest BCUT2D eigenvalue weighted by molar-refractivity contribution is 5.83. The van der Waals surface area contributed by atoms with E-state index in [9.17, 15) is 0 Å². The van der Waals surface area contributed by atoms with Crippen LogP contribution in [0.15, 0.2) is 104 Å². The summed E-state index contributed by atoms with van der Waals surface area (Å²) in [6, 6.07) is 27.8. The van der Waals surface area contributed by atoms with Gasteiger partial charge in [-0.2, -0.15) is 18.7 Å². The fourth-order valence-corrected chi connectivity index (χ4v) is 5.74. The normalized spacial score (nSPS) is 13.6. The van der Waals surface area contributed by atoms with E-state index in [2.05, 4.69) is 36.1 Å². The molecule has 0 unspecified atom stereocenters. The van der Waals surface area contributed by atoms with Crippen molar-refractivity contribution in [2.75, 3.05) is 20.2 Å². The molecule has 0 spiro atoms. The minimum atomic E-state index is 0.417. The van der Waals surface area contributed by atoms with Crippen molar-refractivity contribution >= 4 is 36.4 Å². The highest BCUT2D eigenvalue weighted by Gasteiger charge is 2.22. The second-order valence-electron chi connectivity index (χ2n) is 12.1. The molecule has 0 saturated heterocycles. The third kappa shape index (κ3) is 7.86. The standard InChI is InChI=1S/C14H15N4O.C13H12N3O.C13H11N2O/c1-9-5-4-6-12-7-18(8-19-13(9)12)14-16-10(2)15-11(3)17-14;1-10-4-2-5-11-8-16(9-17-12(10)11)13-14-6-3-7-15-13;1-2-6-12-11(5-1)9-15(10-16-12)13-7-3-4-8-14-13/h4-7H,8H2,1-3H3;2-8H,9H2,1H3;1-9H,10H2/q3*+1. The van der Waals surface area contributed by atoms with Gasteiger partial charge in [0.15, 0.2) is 0 Å². The van der Waals surface area contributed by atoms with Crippen LogP contribution in [0, 0.1) is 27.7 Å². The van der Waals surface area contributed by atoms with E-state index >= 15 is 0 Å². The Hall–Kier alpha value is -6.69. The molecule has 0 bridgehead atoms. The van der Waals surface area contributed by atoms with Gasteiger partial charge in [0.05, 0.1) is 18.0 Å². The van der Waals surface area contributed by atoms with Crippen molar-refractivity contribution in [2.24, 2.45) is 0 Å². The van der Waals surface area contributed by atoms with Crippen LogP contribution in [0.25, 0.3) is 0 Å². The molecule has 0 atom stereocenters. The number of pyridine rings is 1. The van der Waals surface area contributed by atoms with E-state index in [4.69, 9.17) is 14.2 Å². The number of para-hydroxylation sites is 3. The zero-order valence-corrected chi connectivity index (χ0v) is 29.4. The van der Waals surface area contributed by atoms with Gasteiger partial charge in [0.25, 0.3) is 0 Å². The number of benzene rings is 3. The van der Waals surface area contributed by atoms with Crippen LogP contribution in [0.1, 0.15) is 39.5 Å². The maximum Gasteiger partial charge on any atom is 0.439 e. The number of hydrogen-bond acceptors (Lipinski definition) is 9. The fourth-order valence-electron chi connectivity index (χ4n) is 5.74. The molecule has 12 nitrogen and oxygen atoms in total. The van der Waals surface area contributed by atoms with Gasteiger partial charge in [0, 0.05) is 37.1 Å². The van der Waals surface area contributed by atoms with Gasteiger partial charge in [-0.25, -0.2) is 0 Å². The molecule has 52 heavy (non-hydrogen) atoms. The van der Waals surface area contributed by atoms with Gasteiger partial charge >= 0.3 is 17.7 Å². The van der Waals surface area contributed by atoms with Gasteiger partial charge in [-0.05, 0) is 60.3 Å². The van der Waals surface area contributed by atoms with Crippen LogP contribution in [0.2, 0.25) is 0 Å².